The highest BCUT2D eigenvalue weighted by atomic mass is 16.5. The molecule has 0 spiro atoms. The fourth-order valence-electron chi connectivity index (χ4n) is 2.31. The monoisotopic (exact) mass is 280 g/mol. The van der Waals surface area contributed by atoms with Crippen molar-refractivity contribution in [3.05, 3.63) is 28.4 Å². The summed E-state index contributed by atoms with van der Waals surface area (Å²) in [5.74, 6) is 0.231. The number of nitrogens with zero attached hydrogens (tertiary/aromatic N) is 2. The van der Waals surface area contributed by atoms with Crippen molar-refractivity contribution in [1.82, 2.24) is 20.2 Å². The van der Waals surface area contributed by atoms with Crippen LogP contribution >= 0.6 is 0 Å². The third kappa shape index (κ3) is 4.14. The molecule has 1 aromatic rings. The van der Waals surface area contributed by atoms with E-state index in [-0.39, 0.29) is 17.4 Å². The van der Waals surface area contributed by atoms with Gasteiger partial charge in [-0.1, -0.05) is 0 Å². The maximum Gasteiger partial charge on any atom is 0.250 e. The second-order valence-electron chi connectivity index (χ2n) is 4.92. The number of amides is 1. The van der Waals surface area contributed by atoms with E-state index >= 15 is 0 Å². The molecule has 7 nitrogen and oxygen atoms in total. The van der Waals surface area contributed by atoms with Gasteiger partial charge in [0.15, 0.2) is 0 Å². The molecule has 1 aromatic heterocycles. The average Bonchev–Trinajstić information content (AvgIpc) is 2.65. The Morgan fingerprint density at radius 3 is 3.25 bits per heavy atom. The maximum atomic E-state index is 11.9. The van der Waals surface area contributed by atoms with Crippen LogP contribution in [0.1, 0.15) is 5.69 Å². The molecule has 2 N–H and O–H groups in total. The summed E-state index contributed by atoms with van der Waals surface area (Å²) >= 11 is 0. The Bertz CT molecular complexity index is 502. The minimum absolute atomic E-state index is 0.0712. The van der Waals surface area contributed by atoms with Crippen LogP contribution < -0.4 is 10.9 Å². The molecule has 2 heterocycles. The molecule has 0 aliphatic carbocycles. The van der Waals surface area contributed by atoms with E-state index < -0.39 is 0 Å². The molecule has 1 aliphatic rings. The molecule has 20 heavy (non-hydrogen) atoms. The van der Waals surface area contributed by atoms with Crippen LogP contribution in [0.5, 0.6) is 0 Å². The van der Waals surface area contributed by atoms with E-state index in [9.17, 15) is 9.59 Å². The zero-order valence-electron chi connectivity index (χ0n) is 11.6. The van der Waals surface area contributed by atoms with Crippen LogP contribution in [0.3, 0.4) is 0 Å². The number of ether oxygens (including phenoxy) is 1. The Labute approximate surface area is 117 Å². The number of carbonyl (C=O) groups is 1. The predicted molar refractivity (Wildman–Crippen MR) is 73.4 cm³/mol. The molecule has 1 unspecified atom stereocenters. The van der Waals surface area contributed by atoms with Crippen molar-refractivity contribution in [1.29, 1.82) is 0 Å². The smallest absolute Gasteiger partial charge is 0.250 e. The van der Waals surface area contributed by atoms with E-state index in [2.05, 4.69) is 15.3 Å². The number of aromatic nitrogens is 2. The minimum Gasteiger partial charge on any atom is -0.379 e. The standard InChI is InChI=1S/C13H20N4O3/c1-14-6-13(19)17-2-3-20-8-10(7-17)4-11-5-12(18)16-9-15-11/h5,9-10,14H,2-4,6-8H2,1H3,(H,15,16,18). The summed E-state index contributed by atoms with van der Waals surface area (Å²) in [6.45, 7) is 2.71. The number of aromatic amines is 1. The van der Waals surface area contributed by atoms with Gasteiger partial charge >= 0.3 is 0 Å². The summed E-state index contributed by atoms with van der Waals surface area (Å²) in [5.41, 5.74) is 0.568. The molecule has 1 atom stereocenters. The van der Waals surface area contributed by atoms with Crippen molar-refractivity contribution in [3.63, 3.8) is 0 Å². The van der Waals surface area contributed by atoms with Crippen LogP contribution in [0.2, 0.25) is 0 Å². The van der Waals surface area contributed by atoms with Gasteiger partial charge in [0.05, 0.1) is 26.1 Å². The quantitative estimate of drug-likeness (QED) is 0.739. The van der Waals surface area contributed by atoms with Gasteiger partial charge in [-0.25, -0.2) is 4.98 Å². The summed E-state index contributed by atoms with van der Waals surface area (Å²) in [6, 6.07) is 1.49. The maximum absolute atomic E-state index is 11.9. The van der Waals surface area contributed by atoms with E-state index in [1.54, 1.807) is 11.9 Å². The summed E-state index contributed by atoms with van der Waals surface area (Å²) < 4.78 is 5.54. The summed E-state index contributed by atoms with van der Waals surface area (Å²) in [7, 11) is 1.75. The summed E-state index contributed by atoms with van der Waals surface area (Å²) in [5, 5.41) is 2.87. The van der Waals surface area contributed by atoms with Crippen molar-refractivity contribution >= 4 is 5.91 Å². The lowest BCUT2D eigenvalue weighted by Gasteiger charge is -2.23. The summed E-state index contributed by atoms with van der Waals surface area (Å²) in [4.78, 5) is 31.6. The zero-order chi connectivity index (χ0) is 14.4. The Kier molecular flexibility index (Phi) is 5.25. The van der Waals surface area contributed by atoms with Gasteiger partial charge in [-0.15, -0.1) is 0 Å². The number of nitrogens with one attached hydrogen (secondary N) is 2. The molecule has 0 aromatic carbocycles. The molecule has 2 rings (SSSR count). The van der Waals surface area contributed by atoms with Crippen LogP contribution in [-0.4, -0.2) is 60.7 Å². The lowest BCUT2D eigenvalue weighted by molar-refractivity contribution is -0.130. The number of rotatable bonds is 4. The van der Waals surface area contributed by atoms with Crippen molar-refractivity contribution in [3.8, 4) is 0 Å². The zero-order valence-corrected chi connectivity index (χ0v) is 11.6. The number of hydrogen-bond donors (Lipinski definition) is 2. The first-order valence-electron chi connectivity index (χ1n) is 6.72. The first-order chi connectivity index (χ1) is 9.69. The Hall–Kier alpha value is -1.73. The van der Waals surface area contributed by atoms with Gasteiger partial charge < -0.3 is 19.9 Å². The van der Waals surface area contributed by atoms with Crippen LogP contribution in [0.4, 0.5) is 0 Å². The van der Waals surface area contributed by atoms with Crippen molar-refractivity contribution < 1.29 is 9.53 Å². The van der Waals surface area contributed by atoms with E-state index in [4.69, 9.17) is 4.74 Å². The molecule has 0 saturated carbocycles. The molecule has 0 radical (unpaired) electrons. The molecular weight excluding hydrogens is 260 g/mol. The van der Waals surface area contributed by atoms with Crippen LogP contribution in [0, 0.1) is 5.92 Å². The highest BCUT2D eigenvalue weighted by Gasteiger charge is 2.22. The Balaban J connectivity index is 1.99. The minimum atomic E-state index is -0.160. The number of carbonyl (C=O) groups excluding carboxylic acids is 1. The van der Waals surface area contributed by atoms with E-state index in [0.717, 1.165) is 5.69 Å². The first-order valence-corrected chi connectivity index (χ1v) is 6.72. The SMILES string of the molecule is CNCC(=O)N1CCOCC(Cc2cc(=O)[nH]cn2)C1. The van der Waals surface area contributed by atoms with Gasteiger partial charge in [-0.2, -0.15) is 0 Å². The average molecular weight is 280 g/mol. The van der Waals surface area contributed by atoms with Crippen molar-refractivity contribution in [2.24, 2.45) is 5.92 Å². The molecule has 0 bridgehead atoms. The number of H-pyrrole nitrogens is 1. The summed E-state index contributed by atoms with van der Waals surface area (Å²) in [6.07, 6.45) is 2.03. The molecule has 1 aliphatic heterocycles. The van der Waals surface area contributed by atoms with E-state index in [1.165, 1.54) is 12.4 Å². The molecular formula is C13H20N4O3. The Morgan fingerprint density at radius 1 is 1.65 bits per heavy atom. The molecule has 1 saturated heterocycles. The van der Waals surface area contributed by atoms with E-state index in [0.29, 0.717) is 39.3 Å². The molecule has 110 valence electrons. The van der Waals surface area contributed by atoms with Gasteiger partial charge in [-0.05, 0) is 13.5 Å². The lowest BCUT2D eigenvalue weighted by Crippen LogP contribution is -2.40. The third-order valence-corrected chi connectivity index (χ3v) is 3.25. The second-order valence-corrected chi connectivity index (χ2v) is 4.92. The Morgan fingerprint density at radius 2 is 2.50 bits per heavy atom. The molecule has 1 amide bonds. The number of hydrogen-bond acceptors (Lipinski definition) is 5. The largest absolute Gasteiger partial charge is 0.379 e. The topological polar surface area (TPSA) is 87.3 Å². The predicted octanol–water partition coefficient (Wildman–Crippen LogP) is -0.993. The second kappa shape index (κ2) is 7.16. The lowest BCUT2D eigenvalue weighted by atomic mass is 10.0. The van der Waals surface area contributed by atoms with Crippen LogP contribution in [-0.2, 0) is 16.0 Å². The number of likely N-dealkylation sites (N-methyl/N-ethyl adjacent to an activating group) is 1. The highest BCUT2D eigenvalue weighted by Crippen LogP contribution is 2.11. The van der Waals surface area contributed by atoms with Gasteiger partial charge in [0.2, 0.25) is 5.91 Å². The van der Waals surface area contributed by atoms with Crippen LogP contribution in [0.15, 0.2) is 17.2 Å². The van der Waals surface area contributed by atoms with Crippen LogP contribution in [0.25, 0.3) is 0 Å². The van der Waals surface area contributed by atoms with Crippen molar-refractivity contribution in [2.45, 2.75) is 6.42 Å². The third-order valence-electron chi connectivity index (χ3n) is 3.25. The van der Waals surface area contributed by atoms with Gasteiger partial charge in [0.1, 0.15) is 0 Å². The van der Waals surface area contributed by atoms with Crippen molar-refractivity contribution in [2.75, 3.05) is 39.9 Å². The fraction of sp³-hybridized carbons (Fsp3) is 0.615. The fourth-order valence-corrected chi connectivity index (χ4v) is 2.31. The highest BCUT2D eigenvalue weighted by molar-refractivity contribution is 5.78. The molecule has 7 heteroatoms. The molecule has 1 fully saturated rings. The normalized spacial score (nSPS) is 19.6. The van der Waals surface area contributed by atoms with E-state index in [1.807, 2.05) is 0 Å². The van der Waals surface area contributed by atoms with Gasteiger partial charge in [0.25, 0.3) is 5.56 Å². The first kappa shape index (κ1) is 14.7. The van der Waals surface area contributed by atoms with Gasteiger partial charge in [0, 0.05) is 30.8 Å². The van der Waals surface area contributed by atoms with Gasteiger partial charge in [-0.3, -0.25) is 9.59 Å².